The van der Waals surface area contributed by atoms with E-state index in [9.17, 15) is 9.18 Å². The summed E-state index contributed by atoms with van der Waals surface area (Å²) in [4.78, 5) is 20.1. The summed E-state index contributed by atoms with van der Waals surface area (Å²) in [5.74, 6) is -0.546. The molecule has 0 spiro atoms. The number of benzene rings is 2. The average molecular weight is 392 g/mol. The number of amides is 1. The van der Waals surface area contributed by atoms with Crippen molar-refractivity contribution in [2.24, 2.45) is 0 Å². The van der Waals surface area contributed by atoms with E-state index in [0.29, 0.717) is 12.2 Å². The highest BCUT2D eigenvalue weighted by molar-refractivity contribution is 5.95. The zero-order chi connectivity index (χ0) is 20.4. The standard InChI is InChI=1S/C23H25FN4O/c1-16(2)28-15-25-20-11-12-27(14-17-7-4-3-5-8-17)22(21(20)28)23(29)26-19-10-6-9-18(24)13-19/h3-10,13,15-16,22H,11-12,14H2,1-2H3,(H,26,29)/t22-/m1/s1. The van der Waals surface area contributed by atoms with Gasteiger partial charge in [0.15, 0.2) is 0 Å². The minimum Gasteiger partial charge on any atom is -0.330 e. The molecule has 1 aliphatic heterocycles. The van der Waals surface area contributed by atoms with Crippen LogP contribution in [-0.2, 0) is 17.8 Å². The van der Waals surface area contributed by atoms with Crippen molar-refractivity contribution in [2.45, 2.75) is 38.9 Å². The van der Waals surface area contributed by atoms with Crippen molar-refractivity contribution in [3.63, 3.8) is 0 Å². The molecule has 0 fully saturated rings. The molecule has 3 aromatic rings. The lowest BCUT2D eigenvalue weighted by atomic mass is 9.99. The van der Waals surface area contributed by atoms with Crippen molar-refractivity contribution in [3.05, 3.63) is 83.7 Å². The minimum absolute atomic E-state index is 0.171. The first-order valence-electron chi connectivity index (χ1n) is 9.93. The van der Waals surface area contributed by atoms with Crippen LogP contribution in [0.25, 0.3) is 0 Å². The summed E-state index contributed by atoms with van der Waals surface area (Å²) in [5, 5.41) is 2.90. The SMILES string of the molecule is CC(C)n1cnc2c1[C@H](C(=O)Nc1cccc(F)c1)N(Cc1ccccc1)CC2. The predicted octanol–water partition coefficient (Wildman–Crippen LogP) is 4.34. The molecule has 0 unspecified atom stereocenters. The quantitative estimate of drug-likeness (QED) is 0.703. The van der Waals surface area contributed by atoms with E-state index in [1.807, 2.05) is 24.5 Å². The van der Waals surface area contributed by atoms with Crippen LogP contribution in [0.2, 0.25) is 0 Å². The number of rotatable bonds is 5. The van der Waals surface area contributed by atoms with Crippen LogP contribution in [0.5, 0.6) is 0 Å². The average Bonchev–Trinajstić information content (AvgIpc) is 3.13. The number of anilines is 1. The molecule has 2 heterocycles. The van der Waals surface area contributed by atoms with Crippen LogP contribution in [0.3, 0.4) is 0 Å². The van der Waals surface area contributed by atoms with Gasteiger partial charge in [-0.25, -0.2) is 9.37 Å². The molecule has 1 atom stereocenters. The van der Waals surface area contributed by atoms with Crippen LogP contribution in [-0.4, -0.2) is 26.9 Å². The maximum Gasteiger partial charge on any atom is 0.247 e. The Hall–Kier alpha value is -2.99. The van der Waals surface area contributed by atoms with E-state index in [0.717, 1.165) is 29.9 Å². The van der Waals surface area contributed by atoms with Crippen LogP contribution < -0.4 is 5.32 Å². The Morgan fingerprint density at radius 3 is 2.72 bits per heavy atom. The van der Waals surface area contributed by atoms with E-state index < -0.39 is 6.04 Å². The molecular formula is C23H25FN4O. The van der Waals surface area contributed by atoms with Crippen molar-refractivity contribution in [3.8, 4) is 0 Å². The maximum absolute atomic E-state index is 13.6. The van der Waals surface area contributed by atoms with Gasteiger partial charge < -0.3 is 9.88 Å². The Balaban J connectivity index is 1.69. The number of fused-ring (bicyclic) bond motifs is 1. The Morgan fingerprint density at radius 1 is 1.21 bits per heavy atom. The number of nitrogens with one attached hydrogen (secondary N) is 1. The molecule has 1 aliphatic rings. The van der Waals surface area contributed by atoms with Gasteiger partial charge in [0, 0.05) is 31.2 Å². The smallest absolute Gasteiger partial charge is 0.247 e. The van der Waals surface area contributed by atoms with Gasteiger partial charge in [-0.1, -0.05) is 36.4 Å². The first-order chi connectivity index (χ1) is 14.0. The van der Waals surface area contributed by atoms with Gasteiger partial charge in [-0.3, -0.25) is 9.69 Å². The van der Waals surface area contributed by atoms with E-state index in [2.05, 4.69) is 45.7 Å². The number of imidazole rings is 1. The van der Waals surface area contributed by atoms with Gasteiger partial charge in [0.2, 0.25) is 5.91 Å². The van der Waals surface area contributed by atoms with Crippen LogP contribution in [0.15, 0.2) is 60.9 Å². The topological polar surface area (TPSA) is 50.2 Å². The predicted molar refractivity (Wildman–Crippen MR) is 111 cm³/mol. The number of halogens is 1. The minimum atomic E-state index is -0.493. The molecule has 1 amide bonds. The van der Waals surface area contributed by atoms with Crippen LogP contribution in [0.4, 0.5) is 10.1 Å². The van der Waals surface area contributed by atoms with Crippen molar-refractivity contribution in [2.75, 3.05) is 11.9 Å². The zero-order valence-electron chi connectivity index (χ0n) is 16.7. The molecular weight excluding hydrogens is 367 g/mol. The van der Waals surface area contributed by atoms with E-state index in [-0.39, 0.29) is 17.8 Å². The summed E-state index contributed by atoms with van der Waals surface area (Å²) in [5.41, 5.74) is 3.49. The first kappa shape index (κ1) is 19.3. The van der Waals surface area contributed by atoms with Crippen LogP contribution >= 0.6 is 0 Å². The fourth-order valence-corrected chi connectivity index (χ4v) is 3.92. The third-order valence-corrected chi connectivity index (χ3v) is 5.30. The number of aromatic nitrogens is 2. The zero-order valence-corrected chi connectivity index (χ0v) is 16.7. The van der Waals surface area contributed by atoms with Gasteiger partial charge in [0.05, 0.1) is 17.7 Å². The van der Waals surface area contributed by atoms with Gasteiger partial charge in [-0.05, 0) is 37.6 Å². The molecule has 6 heteroatoms. The molecule has 4 rings (SSSR count). The first-order valence-corrected chi connectivity index (χ1v) is 9.93. The van der Waals surface area contributed by atoms with Crippen molar-refractivity contribution >= 4 is 11.6 Å². The molecule has 1 aromatic heterocycles. The lowest BCUT2D eigenvalue weighted by Gasteiger charge is -2.36. The molecule has 0 aliphatic carbocycles. The molecule has 0 saturated carbocycles. The second-order valence-corrected chi connectivity index (χ2v) is 7.69. The highest BCUT2D eigenvalue weighted by Gasteiger charge is 2.37. The van der Waals surface area contributed by atoms with Crippen molar-refractivity contribution in [1.82, 2.24) is 14.5 Å². The largest absolute Gasteiger partial charge is 0.330 e. The molecule has 150 valence electrons. The van der Waals surface area contributed by atoms with Gasteiger partial charge in [0.25, 0.3) is 0 Å². The molecule has 0 saturated heterocycles. The molecule has 29 heavy (non-hydrogen) atoms. The summed E-state index contributed by atoms with van der Waals surface area (Å²) in [7, 11) is 0. The van der Waals surface area contributed by atoms with Gasteiger partial charge in [-0.2, -0.15) is 0 Å². The second kappa shape index (κ2) is 8.17. The summed E-state index contributed by atoms with van der Waals surface area (Å²) >= 11 is 0. The normalized spacial score (nSPS) is 16.6. The molecule has 0 radical (unpaired) electrons. The fraction of sp³-hybridized carbons (Fsp3) is 0.304. The van der Waals surface area contributed by atoms with E-state index >= 15 is 0 Å². The van der Waals surface area contributed by atoms with Crippen molar-refractivity contribution < 1.29 is 9.18 Å². The number of nitrogens with zero attached hydrogens (tertiary/aromatic N) is 3. The fourth-order valence-electron chi connectivity index (χ4n) is 3.92. The summed E-state index contributed by atoms with van der Waals surface area (Å²) in [6, 6.07) is 15.8. The van der Waals surface area contributed by atoms with Gasteiger partial charge in [-0.15, -0.1) is 0 Å². The number of carbonyl (C=O) groups excluding carboxylic acids is 1. The Morgan fingerprint density at radius 2 is 2.00 bits per heavy atom. The van der Waals surface area contributed by atoms with Crippen LogP contribution in [0.1, 0.15) is 42.9 Å². The molecule has 2 aromatic carbocycles. The molecule has 5 nitrogen and oxygen atoms in total. The Kier molecular flexibility index (Phi) is 5.45. The lowest BCUT2D eigenvalue weighted by molar-refractivity contribution is -0.122. The lowest BCUT2D eigenvalue weighted by Crippen LogP contribution is -2.42. The third-order valence-electron chi connectivity index (χ3n) is 5.30. The summed E-state index contributed by atoms with van der Waals surface area (Å²) in [6.45, 7) is 5.56. The summed E-state index contributed by atoms with van der Waals surface area (Å²) in [6.07, 6.45) is 2.62. The Labute approximate surface area is 170 Å². The van der Waals surface area contributed by atoms with E-state index in [1.54, 1.807) is 12.1 Å². The molecule has 0 bridgehead atoms. The Bertz CT molecular complexity index is 999. The van der Waals surface area contributed by atoms with Crippen LogP contribution in [0, 0.1) is 5.82 Å². The highest BCUT2D eigenvalue weighted by atomic mass is 19.1. The monoisotopic (exact) mass is 392 g/mol. The van der Waals surface area contributed by atoms with Gasteiger partial charge >= 0.3 is 0 Å². The van der Waals surface area contributed by atoms with E-state index in [4.69, 9.17) is 0 Å². The van der Waals surface area contributed by atoms with Crippen molar-refractivity contribution in [1.29, 1.82) is 0 Å². The van der Waals surface area contributed by atoms with E-state index in [1.165, 1.54) is 12.1 Å². The third kappa shape index (κ3) is 4.07. The highest BCUT2D eigenvalue weighted by Crippen LogP contribution is 2.33. The second-order valence-electron chi connectivity index (χ2n) is 7.69. The summed E-state index contributed by atoms with van der Waals surface area (Å²) < 4.78 is 15.7. The number of hydrogen-bond acceptors (Lipinski definition) is 3. The maximum atomic E-state index is 13.6. The molecule has 1 N–H and O–H groups in total. The van der Waals surface area contributed by atoms with Gasteiger partial charge in [0.1, 0.15) is 11.9 Å². The number of hydrogen-bond donors (Lipinski definition) is 1. The number of carbonyl (C=O) groups is 1.